The van der Waals surface area contributed by atoms with Crippen molar-refractivity contribution in [1.29, 1.82) is 5.26 Å². The van der Waals surface area contributed by atoms with Gasteiger partial charge in [-0.25, -0.2) is 4.98 Å². The largest absolute Gasteiger partial charge is 0.322 e. The minimum atomic E-state index is 0.698. The number of hydrogen-bond donors (Lipinski definition) is 0. The van der Waals surface area contributed by atoms with Gasteiger partial charge in [0.15, 0.2) is 0 Å². The van der Waals surface area contributed by atoms with E-state index >= 15 is 0 Å². The number of aromatic nitrogens is 3. The SMILES string of the molecule is CCCCc1nc2ccncc2n1Cc1ccc(-c2ccccc2C#N)cc1. The molecule has 4 heteroatoms. The van der Waals surface area contributed by atoms with Crippen molar-refractivity contribution in [2.24, 2.45) is 0 Å². The third kappa shape index (κ3) is 3.52. The van der Waals surface area contributed by atoms with Crippen LogP contribution in [0.15, 0.2) is 67.0 Å². The first-order valence-electron chi connectivity index (χ1n) is 9.67. The number of unbranched alkanes of at least 4 members (excludes halogenated alkanes) is 1. The van der Waals surface area contributed by atoms with E-state index in [1.54, 1.807) is 6.20 Å². The zero-order valence-electron chi connectivity index (χ0n) is 16.0. The Morgan fingerprint density at radius 1 is 1.04 bits per heavy atom. The predicted octanol–water partition coefficient (Wildman–Crippen LogP) is 5.36. The van der Waals surface area contributed by atoms with Crippen LogP contribution in [0.3, 0.4) is 0 Å². The molecule has 0 atom stereocenters. The molecule has 0 saturated heterocycles. The highest BCUT2D eigenvalue weighted by Crippen LogP contribution is 2.24. The molecular formula is C24H22N4. The molecule has 0 aliphatic carbocycles. The second kappa shape index (κ2) is 8.06. The Hall–Kier alpha value is -3.45. The zero-order valence-corrected chi connectivity index (χ0v) is 16.0. The van der Waals surface area contributed by atoms with Crippen molar-refractivity contribution in [2.75, 3.05) is 0 Å². The van der Waals surface area contributed by atoms with Gasteiger partial charge in [0.2, 0.25) is 0 Å². The van der Waals surface area contributed by atoms with Gasteiger partial charge >= 0.3 is 0 Å². The van der Waals surface area contributed by atoms with Gasteiger partial charge in [-0.2, -0.15) is 5.26 Å². The Morgan fingerprint density at radius 3 is 2.64 bits per heavy atom. The Kier molecular flexibility index (Phi) is 5.16. The molecule has 0 radical (unpaired) electrons. The van der Waals surface area contributed by atoms with Gasteiger partial charge in [0.1, 0.15) is 5.82 Å². The molecule has 0 unspecified atom stereocenters. The standard InChI is InChI=1S/C24H22N4/c1-2-3-8-24-27-22-13-14-26-16-23(22)28(24)17-18-9-11-19(12-10-18)21-7-5-4-6-20(21)15-25/h4-7,9-14,16H,2-3,8,17H2,1H3. The molecule has 138 valence electrons. The lowest BCUT2D eigenvalue weighted by Crippen LogP contribution is -2.05. The summed E-state index contributed by atoms with van der Waals surface area (Å²) in [7, 11) is 0. The van der Waals surface area contributed by atoms with Gasteiger partial charge in [0.25, 0.3) is 0 Å². The molecular weight excluding hydrogens is 344 g/mol. The molecule has 2 aromatic heterocycles. The van der Waals surface area contributed by atoms with E-state index in [1.165, 1.54) is 5.56 Å². The number of nitriles is 1. The van der Waals surface area contributed by atoms with Crippen molar-refractivity contribution >= 4 is 11.0 Å². The summed E-state index contributed by atoms with van der Waals surface area (Å²) in [4.78, 5) is 9.11. The lowest BCUT2D eigenvalue weighted by molar-refractivity contribution is 0.689. The van der Waals surface area contributed by atoms with Gasteiger partial charge < -0.3 is 4.57 Å². The first-order valence-corrected chi connectivity index (χ1v) is 9.67. The smallest absolute Gasteiger partial charge is 0.110 e. The van der Waals surface area contributed by atoms with E-state index in [0.717, 1.165) is 53.8 Å². The van der Waals surface area contributed by atoms with Crippen molar-refractivity contribution in [3.05, 3.63) is 83.9 Å². The van der Waals surface area contributed by atoms with E-state index < -0.39 is 0 Å². The average Bonchev–Trinajstić information content (AvgIpc) is 3.10. The Balaban J connectivity index is 1.66. The van der Waals surface area contributed by atoms with E-state index in [-0.39, 0.29) is 0 Å². The summed E-state index contributed by atoms with van der Waals surface area (Å²) in [6.07, 6.45) is 6.94. The molecule has 2 heterocycles. The van der Waals surface area contributed by atoms with Crippen molar-refractivity contribution < 1.29 is 0 Å². The molecule has 4 rings (SSSR count). The van der Waals surface area contributed by atoms with Crippen LogP contribution >= 0.6 is 0 Å². The molecule has 0 aliphatic rings. The van der Waals surface area contributed by atoms with Gasteiger partial charge in [-0.15, -0.1) is 0 Å². The molecule has 2 aromatic carbocycles. The van der Waals surface area contributed by atoms with Crippen LogP contribution in [-0.2, 0) is 13.0 Å². The molecule has 0 spiro atoms. The molecule has 0 N–H and O–H groups in total. The molecule has 0 bridgehead atoms. The maximum Gasteiger partial charge on any atom is 0.110 e. The Labute approximate surface area is 165 Å². The summed E-state index contributed by atoms with van der Waals surface area (Å²) < 4.78 is 2.27. The fraction of sp³-hybridized carbons (Fsp3) is 0.208. The number of fused-ring (bicyclic) bond motifs is 1. The van der Waals surface area contributed by atoms with E-state index in [0.29, 0.717) is 5.56 Å². The van der Waals surface area contributed by atoms with Gasteiger partial charge in [-0.3, -0.25) is 4.98 Å². The average molecular weight is 366 g/mol. The zero-order chi connectivity index (χ0) is 19.3. The van der Waals surface area contributed by atoms with Crippen LogP contribution in [0.2, 0.25) is 0 Å². The second-order valence-corrected chi connectivity index (χ2v) is 6.94. The minimum absolute atomic E-state index is 0.698. The first kappa shape index (κ1) is 17.9. The summed E-state index contributed by atoms with van der Waals surface area (Å²) in [5.41, 5.74) is 6.01. The fourth-order valence-electron chi connectivity index (χ4n) is 3.53. The van der Waals surface area contributed by atoms with Crippen LogP contribution in [0, 0.1) is 11.3 Å². The summed E-state index contributed by atoms with van der Waals surface area (Å²) in [5.74, 6) is 1.11. The van der Waals surface area contributed by atoms with E-state index in [9.17, 15) is 5.26 Å². The molecule has 4 nitrogen and oxygen atoms in total. The minimum Gasteiger partial charge on any atom is -0.322 e. The number of imidazole rings is 1. The van der Waals surface area contributed by atoms with Crippen LogP contribution in [0.5, 0.6) is 0 Å². The first-order chi connectivity index (χ1) is 13.8. The summed E-state index contributed by atoms with van der Waals surface area (Å²) in [5, 5.41) is 9.34. The number of rotatable bonds is 6. The van der Waals surface area contributed by atoms with E-state index in [4.69, 9.17) is 4.98 Å². The van der Waals surface area contributed by atoms with Crippen LogP contribution in [0.4, 0.5) is 0 Å². The van der Waals surface area contributed by atoms with Gasteiger partial charge in [0, 0.05) is 19.2 Å². The van der Waals surface area contributed by atoms with Gasteiger partial charge in [-0.1, -0.05) is 55.8 Å². The van der Waals surface area contributed by atoms with Crippen LogP contribution in [-0.4, -0.2) is 14.5 Å². The summed E-state index contributed by atoms with van der Waals surface area (Å²) in [6.45, 7) is 2.97. The number of nitrogens with zero attached hydrogens (tertiary/aromatic N) is 4. The molecule has 0 amide bonds. The third-order valence-electron chi connectivity index (χ3n) is 5.04. The predicted molar refractivity (Wildman–Crippen MR) is 112 cm³/mol. The normalized spacial score (nSPS) is 10.9. The van der Waals surface area contributed by atoms with Crippen molar-refractivity contribution in [3.8, 4) is 17.2 Å². The lowest BCUT2D eigenvalue weighted by atomic mass is 9.99. The van der Waals surface area contributed by atoms with E-state index in [1.807, 2.05) is 36.5 Å². The summed E-state index contributed by atoms with van der Waals surface area (Å²) >= 11 is 0. The highest BCUT2D eigenvalue weighted by molar-refractivity contribution is 5.75. The Morgan fingerprint density at radius 2 is 1.86 bits per heavy atom. The number of pyridine rings is 1. The van der Waals surface area contributed by atoms with Crippen LogP contribution in [0.1, 0.15) is 36.7 Å². The van der Waals surface area contributed by atoms with Gasteiger partial charge in [0.05, 0.1) is 28.9 Å². The van der Waals surface area contributed by atoms with Crippen molar-refractivity contribution in [3.63, 3.8) is 0 Å². The van der Waals surface area contributed by atoms with Crippen LogP contribution in [0.25, 0.3) is 22.2 Å². The van der Waals surface area contributed by atoms with Crippen molar-refractivity contribution in [1.82, 2.24) is 14.5 Å². The highest BCUT2D eigenvalue weighted by Gasteiger charge is 2.11. The topological polar surface area (TPSA) is 54.5 Å². The van der Waals surface area contributed by atoms with Gasteiger partial charge in [-0.05, 0) is 35.2 Å². The lowest BCUT2D eigenvalue weighted by Gasteiger charge is -2.10. The quantitative estimate of drug-likeness (QED) is 0.461. The van der Waals surface area contributed by atoms with Crippen molar-refractivity contribution in [2.45, 2.75) is 32.7 Å². The maximum absolute atomic E-state index is 9.34. The number of hydrogen-bond acceptors (Lipinski definition) is 3. The number of benzene rings is 2. The number of aryl methyl sites for hydroxylation is 1. The molecule has 4 aromatic rings. The molecule has 0 fully saturated rings. The van der Waals surface area contributed by atoms with Crippen LogP contribution < -0.4 is 0 Å². The summed E-state index contributed by atoms with van der Waals surface area (Å²) in [6, 6.07) is 20.4. The monoisotopic (exact) mass is 366 g/mol. The maximum atomic E-state index is 9.34. The highest BCUT2D eigenvalue weighted by atomic mass is 15.1. The molecule has 0 aliphatic heterocycles. The van der Waals surface area contributed by atoms with E-state index in [2.05, 4.69) is 46.8 Å². The molecule has 28 heavy (non-hydrogen) atoms. The second-order valence-electron chi connectivity index (χ2n) is 6.94. The third-order valence-corrected chi connectivity index (χ3v) is 5.04. The fourth-order valence-corrected chi connectivity index (χ4v) is 3.53. The Bertz CT molecular complexity index is 1130. The molecule has 0 saturated carbocycles.